The van der Waals surface area contributed by atoms with Crippen molar-refractivity contribution in [2.24, 2.45) is 17.3 Å². The van der Waals surface area contributed by atoms with E-state index in [1.165, 1.54) is 0 Å². The summed E-state index contributed by atoms with van der Waals surface area (Å²) in [7, 11) is 0. The molecule has 2 aliphatic rings. The van der Waals surface area contributed by atoms with Gasteiger partial charge in [0.1, 0.15) is 0 Å². The van der Waals surface area contributed by atoms with Gasteiger partial charge in [0.2, 0.25) is 0 Å². The standard InChI is InChI=1S/C17H32O2/c1-15(2,13-5-9-16(3,18)10-6-13)14-7-11-17(4,19)12-8-14/h13-14,18-19H,5-12H2,1-4H3. The van der Waals surface area contributed by atoms with Gasteiger partial charge in [0.25, 0.3) is 0 Å². The highest BCUT2D eigenvalue weighted by Crippen LogP contribution is 2.50. The molecule has 2 heteroatoms. The molecule has 19 heavy (non-hydrogen) atoms. The molecule has 2 N–H and O–H groups in total. The van der Waals surface area contributed by atoms with E-state index in [9.17, 15) is 10.2 Å². The maximum absolute atomic E-state index is 10.1. The van der Waals surface area contributed by atoms with Gasteiger partial charge in [-0.15, -0.1) is 0 Å². The second-order valence-electron chi connectivity index (χ2n) is 8.36. The summed E-state index contributed by atoms with van der Waals surface area (Å²) in [6.45, 7) is 8.80. The molecule has 0 atom stereocenters. The maximum atomic E-state index is 10.1. The van der Waals surface area contributed by atoms with Crippen molar-refractivity contribution in [3.8, 4) is 0 Å². The van der Waals surface area contributed by atoms with Crippen LogP contribution in [0.2, 0.25) is 0 Å². The lowest BCUT2D eigenvalue weighted by Gasteiger charge is -2.48. The molecule has 0 amide bonds. The maximum Gasteiger partial charge on any atom is 0.0620 e. The summed E-state index contributed by atoms with van der Waals surface area (Å²) >= 11 is 0. The first-order valence-electron chi connectivity index (χ1n) is 8.07. The van der Waals surface area contributed by atoms with Crippen molar-refractivity contribution in [1.29, 1.82) is 0 Å². The fraction of sp³-hybridized carbons (Fsp3) is 1.00. The normalized spacial score (nSPS) is 45.2. The zero-order chi connectivity index (χ0) is 14.3. The molecule has 0 aromatic heterocycles. The first-order valence-corrected chi connectivity index (χ1v) is 8.07. The van der Waals surface area contributed by atoms with Gasteiger partial charge in [0.15, 0.2) is 0 Å². The Morgan fingerprint density at radius 3 is 1.26 bits per heavy atom. The Balaban J connectivity index is 1.95. The van der Waals surface area contributed by atoms with Crippen LogP contribution in [0.1, 0.15) is 79.1 Å². The van der Waals surface area contributed by atoms with Crippen LogP contribution in [0.25, 0.3) is 0 Å². The lowest BCUT2D eigenvalue weighted by molar-refractivity contribution is -0.0526. The zero-order valence-electron chi connectivity index (χ0n) is 13.2. The molecule has 0 aromatic carbocycles. The molecule has 0 heterocycles. The molecule has 0 bridgehead atoms. The average Bonchev–Trinajstić information content (AvgIpc) is 2.27. The van der Waals surface area contributed by atoms with Gasteiger partial charge in [0, 0.05) is 0 Å². The fourth-order valence-electron chi connectivity index (χ4n) is 4.30. The van der Waals surface area contributed by atoms with Gasteiger partial charge in [-0.25, -0.2) is 0 Å². The Kier molecular flexibility index (Phi) is 4.06. The van der Waals surface area contributed by atoms with E-state index in [-0.39, 0.29) is 0 Å². The monoisotopic (exact) mass is 268 g/mol. The van der Waals surface area contributed by atoms with Crippen molar-refractivity contribution in [3.63, 3.8) is 0 Å². The SMILES string of the molecule is CC1(O)CCC(C(C)(C)C2CCC(C)(O)CC2)CC1. The number of rotatable bonds is 2. The van der Waals surface area contributed by atoms with E-state index in [0.717, 1.165) is 63.2 Å². The summed E-state index contributed by atoms with van der Waals surface area (Å²) in [4.78, 5) is 0. The van der Waals surface area contributed by atoms with Gasteiger partial charge in [-0.3, -0.25) is 0 Å². The average molecular weight is 268 g/mol. The fourth-order valence-corrected chi connectivity index (χ4v) is 4.30. The summed E-state index contributed by atoms with van der Waals surface area (Å²) in [5, 5.41) is 20.2. The third kappa shape index (κ3) is 3.52. The van der Waals surface area contributed by atoms with Gasteiger partial charge in [0.05, 0.1) is 11.2 Å². The molecule has 2 rings (SSSR count). The summed E-state index contributed by atoms with van der Waals surface area (Å²) in [6.07, 6.45) is 8.44. The summed E-state index contributed by atoms with van der Waals surface area (Å²) in [6, 6.07) is 0. The Bertz CT molecular complexity index is 267. The summed E-state index contributed by atoms with van der Waals surface area (Å²) in [5.41, 5.74) is -0.501. The minimum Gasteiger partial charge on any atom is -0.390 e. The van der Waals surface area contributed by atoms with Crippen LogP contribution in [-0.2, 0) is 0 Å². The molecule has 0 spiro atoms. The molecule has 0 aliphatic heterocycles. The van der Waals surface area contributed by atoms with Gasteiger partial charge in [-0.2, -0.15) is 0 Å². The van der Waals surface area contributed by atoms with Crippen LogP contribution >= 0.6 is 0 Å². The van der Waals surface area contributed by atoms with Crippen molar-refractivity contribution >= 4 is 0 Å². The Morgan fingerprint density at radius 1 is 0.737 bits per heavy atom. The minimum absolute atomic E-state index is 0.354. The highest BCUT2D eigenvalue weighted by Gasteiger charge is 2.43. The van der Waals surface area contributed by atoms with Crippen LogP contribution in [0.3, 0.4) is 0 Å². The molecular weight excluding hydrogens is 236 g/mol. The molecule has 0 saturated heterocycles. The summed E-state index contributed by atoms with van der Waals surface area (Å²) < 4.78 is 0. The third-order valence-corrected chi connectivity index (χ3v) is 6.23. The Hall–Kier alpha value is -0.0800. The molecule has 2 saturated carbocycles. The zero-order valence-corrected chi connectivity index (χ0v) is 13.2. The highest BCUT2D eigenvalue weighted by molar-refractivity contribution is 4.94. The van der Waals surface area contributed by atoms with E-state index in [0.29, 0.717) is 5.41 Å². The van der Waals surface area contributed by atoms with Crippen molar-refractivity contribution in [1.82, 2.24) is 0 Å². The Morgan fingerprint density at radius 2 is 1.00 bits per heavy atom. The smallest absolute Gasteiger partial charge is 0.0620 e. The van der Waals surface area contributed by atoms with E-state index in [4.69, 9.17) is 0 Å². The van der Waals surface area contributed by atoms with Crippen LogP contribution in [0.5, 0.6) is 0 Å². The second kappa shape index (κ2) is 5.04. The first-order chi connectivity index (χ1) is 8.62. The van der Waals surface area contributed by atoms with Crippen LogP contribution in [0, 0.1) is 17.3 Å². The Labute approximate surface area is 118 Å². The van der Waals surface area contributed by atoms with Crippen molar-refractivity contribution < 1.29 is 10.2 Å². The minimum atomic E-state index is -0.428. The van der Waals surface area contributed by atoms with Crippen LogP contribution < -0.4 is 0 Å². The third-order valence-electron chi connectivity index (χ3n) is 6.23. The largest absolute Gasteiger partial charge is 0.390 e. The number of hydrogen-bond acceptors (Lipinski definition) is 2. The first kappa shape index (κ1) is 15.3. The molecule has 0 unspecified atom stereocenters. The second-order valence-corrected chi connectivity index (χ2v) is 8.36. The van der Waals surface area contributed by atoms with Crippen molar-refractivity contribution in [3.05, 3.63) is 0 Å². The predicted octanol–water partition coefficient (Wildman–Crippen LogP) is 3.90. The lowest BCUT2D eigenvalue weighted by atomic mass is 9.58. The van der Waals surface area contributed by atoms with E-state index < -0.39 is 11.2 Å². The quantitative estimate of drug-likeness (QED) is 0.797. The van der Waals surface area contributed by atoms with E-state index in [2.05, 4.69) is 13.8 Å². The lowest BCUT2D eigenvalue weighted by Crippen LogP contribution is -2.42. The van der Waals surface area contributed by atoms with Crippen molar-refractivity contribution in [2.45, 2.75) is 90.3 Å². The van der Waals surface area contributed by atoms with Gasteiger partial charge >= 0.3 is 0 Å². The number of hydrogen-bond donors (Lipinski definition) is 2. The molecule has 112 valence electrons. The molecule has 0 radical (unpaired) electrons. The van der Waals surface area contributed by atoms with Gasteiger partial charge in [-0.1, -0.05) is 13.8 Å². The molecule has 2 aliphatic carbocycles. The van der Waals surface area contributed by atoms with Crippen LogP contribution in [0.4, 0.5) is 0 Å². The predicted molar refractivity (Wildman–Crippen MR) is 78.9 cm³/mol. The highest BCUT2D eigenvalue weighted by atomic mass is 16.3. The van der Waals surface area contributed by atoms with Crippen LogP contribution in [-0.4, -0.2) is 21.4 Å². The molecule has 2 nitrogen and oxygen atoms in total. The van der Waals surface area contributed by atoms with Gasteiger partial charge in [-0.05, 0) is 82.5 Å². The van der Waals surface area contributed by atoms with Crippen molar-refractivity contribution in [2.75, 3.05) is 0 Å². The summed E-state index contributed by atoms with van der Waals surface area (Å²) in [5.74, 6) is 1.47. The van der Waals surface area contributed by atoms with Crippen LogP contribution in [0.15, 0.2) is 0 Å². The topological polar surface area (TPSA) is 40.5 Å². The molecular formula is C17H32O2. The van der Waals surface area contributed by atoms with Gasteiger partial charge < -0.3 is 10.2 Å². The van der Waals surface area contributed by atoms with E-state index >= 15 is 0 Å². The van der Waals surface area contributed by atoms with E-state index in [1.54, 1.807) is 0 Å². The molecule has 2 fully saturated rings. The number of aliphatic hydroxyl groups is 2. The van der Waals surface area contributed by atoms with E-state index in [1.807, 2.05) is 13.8 Å². The molecule has 0 aromatic rings.